The predicted molar refractivity (Wildman–Crippen MR) is 219 cm³/mol. The number of aliphatic hydroxyl groups excluding tert-OH is 2. The van der Waals surface area contributed by atoms with Crippen molar-refractivity contribution >= 4 is 90.7 Å². The second-order valence-corrected chi connectivity index (χ2v) is 14.5. The summed E-state index contributed by atoms with van der Waals surface area (Å²) in [5, 5.41) is 48.7. The highest BCUT2D eigenvalue weighted by Gasteiger charge is 2.53. The third-order valence-electron chi connectivity index (χ3n) is 11.8. The van der Waals surface area contributed by atoms with E-state index in [0.29, 0.717) is 0 Å². The van der Waals surface area contributed by atoms with E-state index in [9.17, 15) is 10.2 Å². The van der Waals surface area contributed by atoms with Crippen LogP contribution in [-0.2, 0) is 0 Å². The molecule has 8 aromatic rings. The number of nitrogens with one attached hydrogen (secondary N) is 4. The van der Waals surface area contributed by atoms with Gasteiger partial charge in [0.1, 0.15) is 0 Å². The van der Waals surface area contributed by atoms with Crippen LogP contribution in [0.1, 0.15) is 23.0 Å². The van der Waals surface area contributed by atoms with Crippen LogP contribution in [0.4, 0.5) is 22.7 Å². The minimum absolute atomic E-state index is 0.193. The Hall–Kier alpha value is -5.95. The van der Waals surface area contributed by atoms with Crippen molar-refractivity contribution < 1.29 is 10.2 Å². The van der Waals surface area contributed by atoms with Gasteiger partial charge in [0.05, 0.1) is 12.2 Å². The van der Waals surface area contributed by atoms with Gasteiger partial charge in [-0.15, -0.1) is 0 Å². The molecule has 2 aliphatic heterocycles. The van der Waals surface area contributed by atoms with Crippen molar-refractivity contribution in [3.8, 4) is 0 Å². The maximum atomic E-state index is 12.2. The van der Waals surface area contributed by atoms with Crippen LogP contribution < -0.4 is 31.8 Å². The maximum Gasteiger partial charge on any atom is 0.406 e. The molecule has 248 valence electrons. The summed E-state index contributed by atoms with van der Waals surface area (Å²) in [5.74, 6) is -0.935. The van der Waals surface area contributed by atoms with Crippen molar-refractivity contribution in [3.05, 3.63) is 157 Å². The number of rotatable bonds is 4. The summed E-state index contributed by atoms with van der Waals surface area (Å²) in [6, 6.07) is 50.7. The van der Waals surface area contributed by atoms with E-state index in [0.717, 1.165) is 66.3 Å². The molecule has 0 bridgehead atoms. The van der Waals surface area contributed by atoms with Crippen LogP contribution in [0.2, 0.25) is 0 Å². The highest BCUT2D eigenvalue weighted by molar-refractivity contribution is 6.82. The monoisotopic (exact) mass is 672 g/mol. The first kappa shape index (κ1) is 29.7. The van der Waals surface area contributed by atoms with Crippen LogP contribution in [0, 0.1) is 0 Å². The number of hydrogen-bond acceptors (Lipinski definition) is 6. The van der Waals surface area contributed by atoms with Crippen molar-refractivity contribution in [3.63, 3.8) is 0 Å². The highest BCUT2D eigenvalue weighted by Crippen LogP contribution is 2.54. The van der Waals surface area contributed by atoms with Crippen molar-refractivity contribution in [2.75, 3.05) is 20.9 Å². The number of hydrogen-bond donors (Lipinski definition) is 6. The van der Waals surface area contributed by atoms with E-state index in [1.807, 2.05) is 0 Å². The number of anilines is 4. The SMILES string of the molecule is OC1C(c2ccc3cccc4c3c2NB(c2cccc3ccccc23)N4)C(O)C1c1ccc2cccc3c2c1NB(c1cccc2ccccc12)N3. The van der Waals surface area contributed by atoms with Crippen LogP contribution in [0.15, 0.2) is 146 Å². The lowest BCUT2D eigenvalue weighted by molar-refractivity contribution is -0.0779. The Bertz CT molecular complexity index is 2550. The molecule has 0 saturated heterocycles. The van der Waals surface area contributed by atoms with Gasteiger partial charge in [-0.1, -0.05) is 133 Å². The van der Waals surface area contributed by atoms with Gasteiger partial charge in [-0.2, -0.15) is 0 Å². The Kier molecular flexibility index (Phi) is 6.45. The summed E-state index contributed by atoms with van der Waals surface area (Å²) in [5.41, 5.74) is 8.16. The van der Waals surface area contributed by atoms with Crippen LogP contribution in [0.3, 0.4) is 0 Å². The van der Waals surface area contributed by atoms with E-state index in [-0.39, 0.29) is 14.0 Å². The van der Waals surface area contributed by atoms with E-state index in [2.05, 4.69) is 167 Å². The summed E-state index contributed by atoms with van der Waals surface area (Å²) in [7, 11) is 0. The van der Waals surface area contributed by atoms with Crippen LogP contribution in [-0.4, -0.2) is 36.4 Å². The molecule has 0 aromatic heterocycles. The molecule has 11 rings (SSSR count). The van der Waals surface area contributed by atoms with E-state index < -0.39 is 24.0 Å². The fourth-order valence-corrected chi connectivity index (χ4v) is 9.33. The zero-order valence-corrected chi connectivity index (χ0v) is 28.2. The number of benzene rings is 8. The summed E-state index contributed by atoms with van der Waals surface area (Å²) in [4.78, 5) is 0. The van der Waals surface area contributed by atoms with E-state index in [1.54, 1.807) is 0 Å². The molecule has 6 nitrogen and oxygen atoms in total. The summed E-state index contributed by atoms with van der Waals surface area (Å²) >= 11 is 0. The van der Waals surface area contributed by atoms with Crippen LogP contribution in [0.5, 0.6) is 0 Å². The van der Waals surface area contributed by atoms with E-state index >= 15 is 0 Å². The Balaban J connectivity index is 0.989. The van der Waals surface area contributed by atoms with E-state index in [1.165, 1.54) is 21.5 Å². The standard InChI is InChI=1S/C44H34B2N4O2/c51-43-39(31-23-21-27-13-7-19-35-37(27)41(31)49-45(47-35)33-17-5-11-25-9-1-3-15-29(25)33)44(52)40(43)32-24-22-28-14-8-20-36-38(28)42(32)50-46(48-36)34-18-6-12-26-10-2-4-16-30(26)34/h1-24,39-40,43-44,47-52H. The van der Waals surface area contributed by atoms with Crippen LogP contribution >= 0.6 is 0 Å². The molecule has 8 aromatic carbocycles. The van der Waals surface area contributed by atoms with Gasteiger partial charge in [-0.05, 0) is 66.5 Å². The molecule has 1 aliphatic carbocycles. The fraction of sp³-hybridized carbons (Fsp3) is 0.0909. The number of aliphatic hydroxyl groups is 2. The molecule has 2 heterocycles. The molecular formula is C44H34B2N4O2. The first-order chi connectivity index (χ1) is 25.6. The Morgan fingerprint density at radius 3 is 1.27 bits per heavy atom. The average molecular weight is 672 g/mol. The average Bonchev–Trinajstić information content (AvgIpc) is 3.19. The molecule has 0 spiro atoms. The third-order valence-corrected chi connectivity index (χ3v) is 11.8. The molecule has 0 amide bonds. The van der Waals surface area contributed by atoms with Gasteiger partial charge in [0, 0.05) is 45.4 Å². The zero-order chi connectivity index (χ0) is 34.5. The molecule has 3 aliphatic rings. The quantitative estimate of drug-likeness (QED) is 0.110. The zero-order valence-electron chi connectivity index (χ0n) is 28.2. The highest BCUT2D eigenvalue weighted by atomic mass is 16.3. The fourth-order valence-electron chi connectivity index (χ4n) is 9.33. The van der Waals surface area contributed by atoms with Gasteiger partial charge in [0.15, 0.2) is 0 Å². The predicted octanol–water partition coefficient (Wildman–Crippen LogP) is 7.37. The van der Waals surface area contributed by atoms with Gasteiger partial charge >= 0.3 is 14.0 Å². The van der Waals surface area contributed by atoms with Crippen molar-refractivity contribution in [2.24, 2.45) is 0 Å². The second-order valence-electron chi connectivity index (χ2n) is 14.5. The Morgan fingerprint density at radius 1 is 0.385 bits per heavy atom. The minimum Gasteiger partial charge on any atom is -0.405 e. The maximum absolute atomic E-state index is 12.2. The van der Waals surface area contributed by atoms with Crippen molar-refractivity contribution in [2.45, 2.75) is 24.0 Å². The molecule has 1 fully saturated rings. The minimum atomic E-state index is -0.794. The molecule has 0 unspecified atom stereocenters. The van der Waals surface area contributed by atoms with Gasteiger partial charge in [-0.3, -0.25) is 0 Å². The number of fused-ring (bicyclic) bond motifs is 2. The largest absolute Gasteiger partial charge is 0.406 e. The van der Waals surface area contributed by atoms with Crippen LogP contribution in [0.25, 0.3) is 43.1 Å². The summed E-state index contributed by atoms with van der Waals surface area (Å²) in [6.45, 7) is -0.386. The lowest BCUT2D eigenvalue weighted by atomic mass is 9.59. The molecule has 52 heavy (non-hydrogen) atoms. The third kappa shape index (κ3) is 4.28. The lowest BCUT2D eigenvalue weighted by Crippen LogP contribution is -2.54. The molecule has 1 saturated carbocycles. The normalized spacial score (nSPS) is 20.3. The van der Waals surface area contributed by atoms with Crippen molar-refractivity contribution in [1.29, 1.82) is 0 Å². The topological polar surface area (TPSA) is 88.6 Å². The van der Waals surface area contributed by atoms with Gasteiger partial charge in [0.25, 0.3) is 0 Å². The second kappa shape index (κ2) is 11.3. The molecular weight excluding hydrogens is 638 g/mol. The summed E-state index contributed by atoms with van der Waals surface area (Å²) < 4.78 is 0. The van der Waals surface area contributed by atoms with Gasteiger partial charge < -0.3 is 31.1 Å². The van der Waals surface area contributed by atoms with Gasteiger partial charge in [0.2, 0.25) is 0 Å². The molecule has 6 N–H and O–H groups in total. The first-order valence-corrected chi connectivity index (χ1v) is 18.1. The van der Waals surface area contributed by atoms with Crippen molar-refractivity contribution in [1.82, 2.24) is 0 Å². The first-order valence-electron chi connectivity index (χ1n) is 18.1. The molecule has 0 atom stereocenters. The van der Waals surface area contributed by atoms with Gasteiger partial charge in [-0.25, -0.2) is 0 Å². The Labute approximate surface area is 301 Å². The van der Waals surface area contributed by atoms with E-state index in [4.69, 9.17) is 0 Å². The summed E-state index contributed by atoms with van der Waals surface area (Å²) in [6.07, 6.45) is -1.59. The molecule has 0 radical (unpaired) electrons. The molecule has 8 heteroatoms. The Morgan fingerprint density at radius 2 is 0.788 bits per heavy atom. The lowest BCUT2D eigenvalue weighted by Gasteiger charge is -2.49. The smallest absolute Gasteiger partial charge is 0.405 e.